The lowest BCUT2D eigenvalue weighted by atomic mass is 9.95. The summed E-state index contributed by atoms with van der Waals surface area (Å²) in [5.74, 6) is -2.72. The second kappa shape index (κ2) is 14.1. The number of fused-ring (bicyclic) bond motifs is 4. The van der Waals surface area contributed by atoms with Crippen LogP contribution >= 0.6 is 0 Å². The fourth-order valence-corrected chi connectivity index (χ4v) is 8.58. The van der Waals surface area contributed by atoms with Crippen molar-refractivity contribution in [2.24, 2.45) is 0 Å². The summed E-state index contributed by atoms with van der Waals surface area (Å²) in [7, 11) is 0. The number of benzene rings is 2. The summed E-state index contributed by atoms with van der Waals surface area (Å²) in [4.78, 5) is 40.4. The summed E-state index contributed by atoms with van der Waals surface area (Å²) in [6.45, 7) is 11.6. The number of rotatable bonds is 6. The first-order valence-corrected chi connectivity index (χ1v) is 18.8. The largest absolute Gasteiger partial charge is 0.461 e. The Labute approximate surface area is 320 Å². The topological polar surface area (TPSA) is 109 Å². The highest BCUT2D eigenvalue weighted by molar-refractivity contribution is 5.95. The number of nitrogens with one attached hydrogen (secondary N) is 1. The Kier molecular flexibility index (Phi) is 10.0. The molecule has 1 aromatic heterocycles. The number of piperazine rings is 1. The second-order valence-electron chi connectivity index (χ2n) is 17.2. The number of nitrogens with zero attached hydrogens (tertiary/aromatic N) is 5. The minimum atomic E-state index is -5.26. The normalized spacial score (nSPS) is 24.1. The average molecular weight is 793 g/mol. The quantitative estimate of drug-likeness (QED) is 0.246. The first-order valence-electron chi connectivity index (χ1n) is 18.8. The molecule has 0 spiro atoms. The third-order valence-electron chi connectivity index (χ3n) is 10.7. The van der Waals surface area contributed by atoms with Gasteiger partial charge in [0.05, 0.1) is 23.2 Å². The maximum atomic E-state index is 17.0. The van der Waals surface area contributed by atoms with E-state index in [9.17, 15) is 27.2 Å². The number of carbonyl (C=O) groups excluding carboxylic acids is 2. The van der Waals surface area contributed by atoms with Crippen molar-refractivity contribution in [3.63, 3.8) is 0 Å². The molecule has 11 nitrogen and oxygen atoms in total. The molecule has 7 rings (SSSR count). The van der Waals surface area contributed by atoms with E-state index in [0.717, 1.165) is 18.6 Å². The monoisotopic (exact) mass is 792 g/mol. The van der Waals surface area contributed by atoms with E-state index in [1.165, 1.54) is 6.07 Å². The summed E-state index contributed by atoms with van der Waals surface area (Å²) < 4.78 is 107. The number of ether oxygens (including phenoxy) is 3. The molecule has 0 unspecified atom stereocenters. The number of aromatic nitrogens is 2. The van der Waals surface area contributed by atoms with E-state index < -0.39 is 75.3 Å². The van der Waals surface area contributed by atoms with E-state index in [4.69, 9.17) is 19.2 Å². The smallest absolute Gasteiger partial charge is 0.419 e. The summed E-state index contributed by atoms with van der Waals surface area (Å²) in [5, 5.41) is 2.38. The molecule has 4 saturated heterocycles. The molecule has 5 heterocycles. The highest BCUT2D eigenvalue weighted by Crippen LogP contribution is 2.45. The zero-order valence-electron chi connectivity index (χ0n) is 32.2. The van der Waals surface area contributed by atoms with Gasteiger partial charge in [0.2, 0.25) is 0 Å². The number of hydrogen-bond donors (Lipinski definition) is 1. The molecule has 4 aliphatic rings. The summed E-state index contributed by atoms with van der Waals surface area (Å²) >= 11 is 0. The Morgan fingerprint density at radius 2 is 1.61 bits per heavy atom. The van der Waals surface area contributed by atoms with E-state index in [-0.39, 0.29) is 67.5 Å². The van der Waals surface area contributed by atoms with E-state index >= 15 is 8.78 Å². The Hall–Kier alpha value is -4.54. The van der Waals surface area contributed by atoms with Gasteiger partial charge in [0.15, 0.2) is 5.82 Å². The van der Waals surface area contributed by atoms with Gasteiger partial charge in [-0.15, -0.1) is 0 Å². The van der Waals surface area contributed by atoms with Crippen LogP contribution in [0.2, 0.25) is 0 Å². The highest BCUT2D eigenvalue weighted by atomic mass is 19.4. The second-order valence-corrected chi connectivity index (χ2v) is 17.2. The molecule has 4 atom stereocenters. The van der Waals surface area contributed by atoms with Gasteiger partial charge < -0.3 is 19.1 Å². The van der Waals surface area contributed by atoms with Crippen LogP contribution in [-0.2, 0) is 15.7 Å². The van der Waals surface area contributed by atoms with Crippen LogP contribution in [0.1, 0.15) is 79.2 Å². The zero-order chi connectivity index (χ0) is 40.5. The predicted octanol–water partition coefficient (Wildman–Crippen LogP) is 8.48. The number of halogens is 6. The molecule has 0 aliphatic carbocycles. The Morgan fingerprint density at radius 1 is 0.929 bits per heavy atom. The Bertz CT molecular complexity index is 2020. The van der Waals surface area contributed by atoms with Crippen molar-refractivity contribution < 1.29 is 50.1 Å². The maximum absolute atomic E-state index is 17.0. The van der Waals surface area contributed by atoms with Gasteiger partial charge in [0.1, 0.15) is 41.1 Å². The van der Waals surface area contributed by atoms with Crippen molar-refractivity contribution in [3.05, 3.63) is 41.5 Å². The van der Waals surface area contributed by atoms with Gasteiger partial charge in [0.25, 0.3) is 0 Å². The van der Waals surface area contributed by atoms with Crippen LogP contribution in [0.15, 0.2) is 24.3 Å². The number of alkyl halides is 4. The average Bonchev–Trinajstić information content (AvgIpc) is 3.68. The van der Waals surface area contributed by atoms with Crippen molar-refractivity contribution in [2.75, 3.05) is 43.0 Å². The van der Waals surface area contributed by atoms with Crippen LogP contribution < -0.4 is 15.0 Å². The van der Waals surface area contributed by atoms with Gasteiger partial charge in [-0.05, 0) is 92.0 Å². The van der Waals surface area contributed by atoms with E-state index in [1.54, 1.807) is 46.4 Å². The third-order valence-corrected chi connectivity index (χ3v) is 10.7. The SMILES string of the molecule is CC(C)(C)OC(=O)Nc1cc(F)c(C(F)(F)F)c(-c2ccc3c(N4C[C@H]5CC[C@@H](C4)N5C(=O)OC(C)(C)C)nc(OC[C@@]45CCCN4C[C@H](F)C5)nc3c2F)c1. The molecule has 1 N–H and O–H groups in total. The molecule has 0 saturated carbocycles. The first-order chi connectivity index (χ1) is 26.1. The molecule has 56 heavy (non-hydrogen) atoms. The third kappa shape index (κ3) is 7.87. The van der Waals surface area contributed by atoms with Crippen molar-refractivity contribution >= 4 is 34.6 Å². The van der Waals surface area contributed by atoms with E-state index in [2.05, 4.69) is 10.3 Å². The fraction of sp³-hybridized carbons (Fsp3) is 0.590. The number of amides is 2. The Morgan fingerprint density at radius 3 is 2.25 bits per heavy atom. The summed E-state index contributed by atoms with van der Waals surface area (Å²) in [5.41, 5.74) is -6.35. The van der Waals surface area contributed by atoms with E-state index in [1.807, 2.05) is 9.80 Å². The van der Waals surface area contributed by atoms with Crippen molar-refractivity contribution in [1.29, 1.82) is 0 Å². The lowest BCUT2D eigenvalue weighted by Crippen LogP contribution is -2.57. The minimum absolute atomic E-state index is 0.000832. The summed E-state index contributed by atoms with van der Waals surface area (Å²) in [6, 6.07) is 2.96. The van der Waals surface area contributed by atoms with Gasteiger partial charge >= 0.3 is 24.4 Å². The standard InChI is InChI=1S/C39H46F6N6O5/c1-36(2,3)55-34(52)46-22-14-27(29(28(41)15-22)39(43,44)45)25-10-11-26-31(30(25)42)47-33(54-20-38-12-7-13-50(38)17-21(40)16-38)48-32(26)49-18-23-8-9-24(19-49)51(23)35(53)56-37(4,5)6/h10-11,14-15,21,23-24H,7-9,12-13,16-20H2,1-6H3,(H,46,52)/t21-,23-,24+,38+/m1/s1. The highest BCUT2D eigenvalue weighted by Gasteiger charge is 2.50. The maximum Gasteiger partial charge on any atom is 0.419 e. The van der Waals surface area contributed by atoms with Gasteiger partial charge in [-0.25, -0.2) is 22.8 Å². The zero-order valence-corrected chi connectivity index (χ0v) is 32.2. The van der Waals surface area contributed by atoms with Crippen molar-refractivity contribution in [3.8, 4) is 17.1 Å². The molecule has 3 aromatic rings. The molecule has 2 aromatic carbocycles. The first kappa shape index (κ1) is 39.7. The molecular formula is C39H46F6N6O5. The molecule has 17 heteroatoms. The predicted molar refractivity (Wildman–Crippen MR) is 195 cm³/mol. The van der Waals surface area contributed by atoms with Crippen molar-refractivity contribution in [1.82, 2.24) is 19.8 Å². The van der Waals surface area contributed by atoms with Crippen LogP contribution in [0.3, 0.4) is 0 Å². The van der Waals surface area contributed by atoms with Gasteiger partial charge in [-0.3, -0.25) is 15.1 Å². The molecule has 2 bridgehead atoms. The van der Waals surface area contributed by atoms with Crippen molar-refractivity contribution in [2.45, 2.75) is 115 Å². The molecule has 4 aliphatic heterocycles. The molecule has 0 radical (unpaired) electrons. The fourth-order valence-electron chi connectivity index (χ4n) is 8.58. The van der Waals surface area contributed by atoms with Crippen LogP contribution in [-0.4, -0.2) is 99.7 Å². The minimum Gasteiger partial charge on any atom is -0.461 e. The molecular weight excluding hydrogens is 746 g/mol. The number of hydrogen-bond acceptors (Lipinski definition) is 9. The van der Waals surface area contributed by atoms with Gasteiger partial charge in [-0.1, -0.05) is 6.07 Å². The van der Waals surface area contributed by atoms with Gasteiger partial charge in [-0.2, -0.15) is 23.1 Å². The van der Waals surface area contributed by atoms with Crippen LogP contribution in [0.5, 0.6) is 6.01 Å². The molecule has 4 fully saturated rings. The molecule has 304 valence electrons. The van der Waals surface area contributed by atoms with Crippen LogP contribution in [0, 0.1) is 11.6 Å². The Balaban J connectivity index is 1.31. The van der Waals surface area contributed by atoms with Crippen LogP contribution in [0.25, 0.3) is 22.0 Å². The lowest BCUT2D eigenvalue weighted by molar-refractivity contribution is -0.139. The number of anilines is 2. The van der Waals surface area contributed by atoms with Gasteiger partial charge in [0, 0.05) is 48.3 Å². The van der Waals surface area contributed by atoms with E-state index in [0.29, 0.717) is 31.9 Å². The number of carbonyl (C=O) groups is 2. The molecule has 2 amide bonds. The lowest BCUT2D eigenvalue weighted by Gasteiger charge is -2.42. The van der Waals surface area contributed by atoms with Crippen LogP contribution in [0.4, 0.5) is 47.4 Å². The summed E-state index contributed by atoms with van der Waals surface area (Å²) in [6.07, 6.45) is -4.72.